The largest absolute Gasteiger partial charge is 0.385 e. The van der Waals surface area contributed by atoms with E-state index in [-0.39, 0.29) is 11.9 Å². The van der Waals surface area contributed by atoms with Crippen molar-refractivity contribution in [3.05, 3.63) is 0 Å². The first-order valence-corrected chi connectivity index (χ1v) is 6.79. The molecule has 1 unspecified atom stereocenters. The Morgan fingerprint density at radius 1 is 1.24 bits per heavy atom. The molecule has 0 saturated carbocycles. The molecule has 100 valence electrons. The fraction of sp³-hybridized carbons (Fsp3) is 0.923. The number of ether oxygens (including phenoxy) is 1. The standard InChI is InChI=1S/C13H26N2O2/c1-17-11-7-8-12(14)13(16)15-9-5-3-2-4-6-10-15/h12H,2-11,14H2,1H3. The van der Waals surface area contributed by atoms with Gasteiger partial charge in [0.15, 0.2) is 0 Å². The quantitative estimate of drug-likeness (QED) is 0.744. The Morgan fingerprint density at radius 2 is 1.82 bits per heavy atom. The Hall–Kier alpha value is -0.610. The van der Waals surface area contributed by atoms with Crippen LogP contribution < -0.4 is 5.73 Å². The van der Waals surface area contributed by atoms with Crippen molar-refractivity contribution in [3.63, 3.8) is 0 Å². The van der Waals surface area contributed by atoms with E-state index in [1.165, 1.54) is 19.3 Å². The highest BCUT2D eigenvalue weighted by Crippen LogP contribution is 2.12. The molecule has 0 radical (unpaired) electrons. The van der Waals surface area contributed by atoms with E-state index in [1.54, 1.807) is 7.11 Å². The molecular weight excluding hydrogens is 216 g/mol. The van der Waals surface area contributed by atoms with Gasteiger partial charge in [-0.25, -0.2) is 0 Å². The van der Waals surface area contributed by atoms with Gasteiger partial charge in [-0.15, -0.1) is 0 Å². The highest BCUT2D eigenvalue weighted by Gasteiger charge is 2.20. The molecule has 4 heteroatoms. The molecule has 2 N–H and O–H groups in total. The van der Waals surface area contributed by atoms with Gasteiger partial charge in [0, 0.05) is 26.8 Å². The van der Waals surface area contributed by atoms with Gasteiger partial charge in [0.05, 0.1) is 6.04 Å². The minimum absolute atomic E-state index is 0.128. The lowest BCUT2D eigenvalue weighted by Gasteiger charge is -2.27. The van der Waals surface area contributed by atoms with Gasteiger partial charge in [0.2, 0.25) is 5.91 Å². The van der Waals surface area contributed by atoms with Crippen LogP contribution in [-0.4, -0.2) is 43.7 Å². The molecule has 0 aromatic rings. The molecule has 0 aromatic heterocycles. The van der Waals surface area contributed by atoms with Crippen LogP contribution in [0.1, 0.15) is 44.9 Å². The van der Waals surface area contributed by atoms with Gasteiger partial charge in [-0.1, -0.05) is 19.3 Å². The second-order valence-corrected chi connectivity index (χ2v) is 4.83. The fourth-order valence-electron chi connectivity index (χ4n) is 2.27. The molecule has 1 saturated heterocycles. The smallest absolute Gasteiger partial charge is 0.239 e. The SMILES string of the molecule is COCCCC(N)C(=O)N1CCCCCCC1. The Balaban J connectivity index is 2.32. The molecule has 0 spiro atoms. The maximum Gasteiger partial charge on any atom is 0.239 e. The third-order valence-electron chi connectivity index (χ3n) is 3.35. The van der Waals surface area contributed by atoms with Crippen molar-refractivity contribution in [1.82, 2.24) is 4.90 Å². The molecule has 1 amide bonds. The first kappa shape index (κ1) is 14.5. The molecule has 1 aliphatic rings. The first-order valence-electron chi connectivity index (χ1n) is 6.79. The van der Waals surface area contributed by atoms with E-state index in [4.69, 9.17) is 10.5 Å². The molecule has 4 nitrogen and oxygen atoms in total. The van der Waals surface area contributed by atoms with Crippen LogP contribution in [0.15, 0.2) is 0 Å². The van der Waals surface area contributed by atoms with Crippen LogP contribution in [0.25, 0.3) is 0 Å². The molecule has 0 aliphatic carbocycles. The number of rotatable bonds is 5. The lowest BCUT2D eigenvalue weighted by molar-refractivity contribution is -0.133. The number of nitrogens with zero attached hydrogens (tertiary/aromatic N) is 1. The van der Waals surface area contributed by atoms with Crippen LogP contribution in [0, 0.1) is 0 Å². The minimum Gasteiger partial charge on any atom is -0.385 e. The number of hydrogen-bond acceptors (Lipinski definition) is 3. The molecule has 17 heavy (non-hydrogen) atoms. The normalized spacial score (nSPS) is 19.5. The van der Waals surface area contributed by atoms with Crippen molar-refractivity contribution in [2.24, 2.45) is 5.73 Å². The summed E-state index contributed by atoms with van der Waals surface area (Å²) in [5.74, 6) is 0.128. The van der Waals surface area contributed by atoms with Crippen LogP contribution in [0.3, 0.4) is 0 Å². The number of hydrogen-bond donors (Lipinski definition) is 1. The van der Waals surface area contributed by atoms with Crippen molar-refractivity contribution >= 4 is 5.91 Å². The third-order valence-corrected chi connectivity index (χ3v) is 3.35. The summed E-state index contributed by atoms with van der Waals surface area (Å²) in [6.45, 7) is 2.45. The zero-order chi connectivity index (χ0) is 12.5. The number of amides is 1. The summed E-state index contributed by atoms with van der Waals surface area (Å²) in [6, 6.07) is -0.343. The van der Waals surface area contributed by atoms with Crippen LogP contribution in [0.2, 0.25) is 0 Å². The van der Waals surface area contributed by atoms with Crippen molar-refractivity contribution < 1.29 is 9.53 Å². The molecule has 1 heterocycles. The van der Waals surface area contributed by atoms with Crippen LogP contribution in [0.5, 0.6) is 0 Å². The number of carbonyl (C=O) groups is 1. The predicted molar refractivity (Wildman–Crippen MR) is 68.8 cm³/mol. The summed E-state index contributed by atoms with van der Waals surface area (Å²) < 4.78 is 4.97. The summed E-state index contributed by atoms with van der Waals surface area (Å²) in [4.78, 5) is 14.1. The highest BCUT2D eigenvalue weighted by molar-refractivity contribution is 5.81. The number of methoxy groups -OCH3 is 1. The Kier molecular flexibility index (Phi) is 7.21. The number of nitrogens with two attached hydrogens (primary N) is 1. The first-order chi connectivity index (χ1) is 8.25. The lowest BCUT2D eigenvalue weighted by Crippen LogP contribution is -2.45. The second kappa shape index (κ2) is 8.48. The fourth-order valence-corrected chi connectivity index (χ4v) is 2.27. The summed E-state index contributed by atoms with van der Waals surface area (Å²) in [5.41, 5.74) is 5.93. The summed E-state index contributed by atoms with van der Waals surface area (Å²) >= 11 is 0. The zero-order valence-corrected chi connectivity index (χ0v) is 11.0. The molecule has 0 bridgehead atoms. The molecule has 1 aliphatic heterocycles. The monoisotopic (exact) mass is 242 g/mol. The molecule has 1 rings (SSSR count). The predicted octanol–water partition coefficient (Wildman–Crippen LogP) is 1.53. The van der Waals surface area contributed by atoms with E-state index < -0.39 is 0 Å². The number of likely N-dealkylation sites (tertiary alicyclic amines) is 1. The van der Waals surface area contributed by atoms with E-state index in [2.05, 4.69) is 0 Å². The van der Waals surface area contributed by atoms with Gasteiger partial charge in [-0.05, 0) is 25.7 Å². The van der Waals surface area contributed by atoms with E-state index in [9.17, 15) is 4.79 Å². The van der Waals surface area contributed by atoms with Gasteiger partial charge < -0.3 is 15.4 Å². The maximum absolute atomic E-state index is 12.1. The lowest BCUT2D eigenvalue weighted by atomic mass is 10.1. The van der Waals surface area contributed by atoms with Crippen molar-refractivity contribution in [2.75, 3.05) is 26.8 Å². The summed E-state index contributed by atoms with van der Waals surface area (Å²) in [6.07, 6.45) is 7.61. The average Bonchev–Trinajstić information content (AvgIpc) is 2.28. The van der Waals surface area contributed by atoms with E-state index in [1.807, 2.05) is 4.90 Å². The van der Waals surface area contributed by atoms with Crippen molar-refractivity contribution in [2.45, 2.75) is 51.0 Å². The summed E-state index contributed by atoms with van der Waals surface area (Å²) in [7, 11) is 1.67. The Bertz CT molecular complexity index is 213. The van der Waals surface area contributed by atoms with Crippen LogP contribution >= 0.6 is 0 Å². The Labute approximate surface area is 104 Å². The van der Waals surface area contributed by atoms with Gasteiger partial charge in [0.1, 0.15) is 0 Å². The molecule has 0 aromatic carbocycles. The van der Waals surface area contributed by atoms with Crippen LogP contribution in [-0.2, 0) is 9.53 Å². The maximum atomic E-state index is 12.1. The second-order valence-electron chi connectivity index (χ2n) is 4.83. The van der Waals surface area contributed by atoms with Gasteiger partial charge in [0.25, 0.3) is 0 Å². The zero-order valence-electron chi connectivity index (χ0n) is 11.0. The average molecular weight is 242 g/mol. The molecule has 1 atom stereocenters. The summed E-state index contributed by atoms with van der Waals surface area (Å²) in [5, 5.41) is 0. The van der Waals surface area contributed by atoms with Gasteiger partial charge >= 0.3 is 0 Å². The Morgan fingerprint density at radius 3 is 2.41 bits per heavy atom. The highest BCUT2D eigenvalue weighted by atomic mass is 16.5. The minimum atomic E-state index is -0.343. The third kappa shape index (κ3) is 5.50. The topological polar surface area (TPSA) is 55.6 Å². The van der Waals surface area contributed by atoms with Gasteiger partial charge in [-0.3, -0.25) is 4.79 Å². The van der Waals surface area contributed by atoms with Crippen molar-refractivity contribution in [1.29, 1.82) is 0 Å². The van der Waals surface area contributed by atoms with E-state index >= 15 is 0 Å². The van der Waals surface area contributed by atoms with E-state index in [0.717, 1.165) is 38.8 Å². The molecule has 1 fully saturated rings. The number of carbonyl (C=O) groups excluding carboxylic acids is 1. The van der Waals surface area contributed by atoms with Gasteiger partial charge in [-0.2, -0.15) is 0 Å². The van der Waals surface area contributed by atoms with Crippen molar-refractivity contribution in [3.8, 4) is 0 Å². The van der Waals surface area contributed by atoms with Crippen LogP contribution in [0.4, 0.5) is 0 Å². The molecular formula is C13H26N2O2. The van der Waals surface area contributed by atoms with E-state index in [0.29, 0.717) is 6.61 Å².